The Balaban J connectivity index is 1.95. The third-order valence-corrected chi connectivity index (χ3v) is 5.49. The van der Waals surface area contributed by atoms with Crippen LogP contribution in [0.4, 0.5) is 5.69 Å². The van der Waals surface area contributed by atoms with Gasteiger partial charge in [-0.1, -0.05) is 58.7 Å². The van der Waals surface area contributed by atoms with Gasteiger partial charge in [-0.15, -0.1) is 0 Å². The number of nitrogens with one attached hydrogen (secondary N) is 2. The lowest BCUT2D eigenvalue weighted by Gasteiger charge is -2.34. The van der Waals surface area contributed by atoms with Gasteiger partial charge in [-0.05, 0) is 42.2 Å². The van der Waals surface area contributed by atoms with Crippen molar-refractivity contribution >= 4 is 11.6 Å². The number of hydrogen-bond acceptors (Lipinski definition) is 2. The van der Waals surface area contributed by atoms with Crippen LogP contribution in [0.1, 0.15) is 58.1 Å². The van der Waals surface area contributed by atoms with E-state index in [4.69, 9.17) is 0 Å². The third-order valence-electron chi connectivity index (χ3n) is 5.49. The summed E-state index contributed by atoms with van der Waals surface area (Å²) in [5.74, 6) is 1.47. The molecule has 1 aliphatic rings. The number of carbonyl (C=O) groups is 1. The first kappa shape index (κ1) is 18.0. The summed E-state index contributed by atoms with van der Waals surface area (Å²) in [5.41, 5.74) is 3.46. The minimum absolute atomic E-state index is 0.0750. The van der Waals surface area contributed by atoms with Gasteiger partial charge in [0.25, 0.3) is 0 Å². The monoisotopic (exact) mass is 316 g/mol. The predicted octanol–water partition coefficient (Wildman–Crippen LogP) is 4.16. The number of anilines is 1. The van der Waals surface area contributed by atoms with Crippen molar-refractivity contribution in [3.63, 3.8) is 0 Å². The minimum atomic E-state index is 0.0750. The van der Waals surface area contributed by atoms with E-state index in [-0.39, 0.29) is 5.91 Å². The van der Waals surface area contributed by atoms with Crippen LogP contribution in [0.25, 0.3) is 0 Å². The van der Waals surface area contributed by atoms with Crippen LogP contribution in [-0.4, -0.2) is 18.5 Å². The van der Waals surface area contributed by atoms with Gasteiger partial charge < -0.3 is 10.6 Å². The number of para-hydroxylation sites is 1. The molecule has 1 fully saturated rings. The number of amides is 1. The summed E-state index contributed by atoms with van der Waals surface area (Å²) in [4.78, 5) is 12.4. The smallest absolute Gasteiger partial charge is 0.238 e. The fraction of sp³-hybridized carbons (Fsp3) is 0.650. The summed E-state index contributed by atoms with van der Waals surface area (Å²) < 4.78 is 0. The Kier molecular flexibility index (Phi) is 6.64. The highest BCUT2D eigenvalue weighted by Crippen LogP contribution is 2.29. The molecule has 1 aliphatic carbocycles. The lowest BCUT2D eigenvalue weighted by molar-refractivity contribution is -0.115. The minimum Gasteiger partial charge on any atom is -0.324 e. The average molecular weight is 316 g/mol. The molecule has 3 atom stereocenters. The van der Waals surface area contributed by atoms with Crippen molar-refractivity contribution in [3.8, 4) is 0 Å². The van der Waals surface area contributed by atoms with Crippen molar-refractivity contribution < 1.29 is 4.79 Å². The van der Waals surface area contributed by atoms with Gasteiger partial charge in [0.05, 0.1) is 6.54 Å². The summed E-state index contributed by atoms with van der Waals surface area (Å²) in [6.07, 6.45) is 5.64. The topological polar surface area (TPSA) is 41.1 Å². The van der Waals surface area contributed by atoms with E-state index in [0.717, 1.165) is 24.4 Å². The molecule has 2 rings (SSSR count). The molecule has 1 amide bonds. The molecule has 0 bridgehead atoms. The Morgan fingerprint density at radius 2 is 1.78 bits per heavy atom. The van der Waals surface area contributed by atoms with Gasteiger partial charge in [0.15, 0.2) is 0 Å². The molecule has 1 aromatic rings. The van der Waals surface area contributed by atoms with Crippen LogP contribution in [0.15, 0.2) is 18.2 Å². The Bertz CT molecular complexity index is 504. The zero-order valence-corrected chi connectivity index (χ0v) is 15.1. The molecule has 3 heteroatoms. The molecule has 1 aromatic carbocycles. The molecular weight excluding hydrogens is 284 g/mol. The molecule has 3 nitrogen and oxygen atoms in total. The quantitative estimate of drug-likeness (QED) is 0.827. The molecule has 0 aliphatic heterocycles. The molecule has 1 saturated carbocycles. The van der Waals surface area contributed by atoms with E-state index >= 15 is 0 Å². The molecule has 2 N–H and O–H groups in total. The summed E-state index contributed by atoms with van der Waals surface area (Å²) in [6.45, 7) is 9.30. The van der Waals surface area contributed by atoms with Gasteiger partial charge in [0.2, 0.25) is 5.91 Å². The summed E-state index contributed by atoms with van der Waals surface area (Å²) in [5, 5.41) is 6.63. The molecule has 0 spiro atoms. The van der Waals surface area contributed by atoms with Crippen molar-refractivity contribution in [2.75, 3.05) is 11.9 Å². The van der Waals surface area contributed by atoms with E-state index in [9.17, 15) is 4.79 Å². The lowest BCUT2D eigenvalue weighted by atomic mass is 9.78. The Morgan fingerprint density at radius 1 is 1.13 bits per heavy atom. The van der Waals surface area contributed by atoms with Crippen LogP contribution in [0.5, 0.6) is 0 Å². The van der Waals surface area contributed by atoms with Crippen LogP contribution in [0, 0.1) is 11.8 Å². The van der Waals surface area contributed by atoms with Gasteiger partial charge in [-0.2, -0.15) is 0 Å². The average Bonchev–Trinajstić information content (AvgIpc) is 2.56. The molecule has 0 radical (unpaired) electrons. The maximum atomic E-state index is 12.4. The number of benzene rings is 1. The van der Waals surface area contributed by atoms with Crippen LogP contribution in [-0.2, 0) is 17.6 Å². The largest absolute Gasteiger partial charge is 0.324 e. The first-order valence-electron chi connectivity index (χ1n) is 9.20. The van der Waals surface area contributed by atoms with Gasteiger partial charge in [0.1, 0.15) is 0 Å². The SMILES string of the molecule is CCc1cccc(CC)c1NC(=O)CN[C@H]1CCC[C@H](C)[C@@H]1C. The molecule has 0 heterocycles. The second-order valence-corrected chi connectivity index (χ2v) is 6.96. The maximum absolute atomic E-state index is 12.4. The molecule has 0 unspecified atom stereocenters. The van der Waals surface area contributed by atoms with Crippen molar-refractivity contribution in [2.45, 2.75) is 65.8 Å². The van der Waals surface area contributed by atoms with Gasteiger partial charge in [-0.25, -0.2) is 0 Å². The molecule has 0 saturated heterocycles. The van der Waals surface area contributed by atoms with Gasteiger partial charge >= 0.3 is 0 Å². The number of rotatable bonds is 6. The van der Waals surface area contributed by atoms with Crippen molar-refractivity contribution in [2.24, 2.45) is 11.8 Å². The molecule has 23 heavy (non-hydrogen) atoms. The highest BCUT2D eigenvalue weighted by Gasteiger charge is 2.27. The van der Waals surface area contributed by atoms with E-state index in [0.29, 0.717) is 18.5 Å². The van der Waals surface area contributed by atoms with E-state index in [1.807, 2.05) is 0 Å². The van der Waals surface area contributed by atoms with Crippen molar-refractivity contribution in [1.29, 1.82) is 0 Å². The third kappa shape index (κ3) is 4.57. The highest BCUT2D eigenvalue weighted by molar-refractivity contribution is 5.93. The molecular formula is C20H32N2O. The Hall–Kier alpha value is -1.35. The lowest BCUT2D eigenvalue weighted by Crippen LogP contribution is -2.43. The fourth-order valence-corrected chi connectivity index (χ4v) is 3.68. The summed E-state index contributed by atoms with van der Waals surface area (Å²) in [7, 11) is 0. The number of aryl methyl sites for hydroxylation is 2. The zero-order valence-electron chi connectivity index (χ0n) is 15.1. The summed E-state index contributed by atoms with van der Waals surface area (Å²) in [6, 6.07) is 6.76. The zero-order chi connectivity index (χ0) is 16.8. The first-order chi connectivity index (χ1) is 11.1. The molecule has 0 aromatic heterocycles. The maximum Gasteiger partial charge on any atom is 0.238 e. The van der Waals surface area contributed by atoms with E-state index in [1.54, 1.807) is 0 Å². The summed E-state index contributed by atoms with van der Waals surface area (Å²) >= 11 is 0. The van der Waals surface area contributed by atoms with Crippen molar-refractivity contribution in [1.82, 2.24) is 5.32 Å². The second kappa shape index (κ2) is 8.49. The van der Waals surface area contributed by atoms with Crippen LogP contribution >= 0.6 is 0 Å². The van der Waals surface area contributed by atoms with Crippen LogP contribution in [0.3, 0.4) is 0 Å². The first-order valence-corrected chi connectivity index (χ1v) is 9.20. The van der Waals surface area contributed by atoms with E-state index < -0.39 is 0 Å². The van der Waals surface area contributed by atoms with E-state index in [2.05, 4.69) is 56.5 Å². The fourth-order valence-electron chi connectivity index (χ4n) is 3.68. The Labute approximate surface area is 141 Å². The standard InChI is InChI=1S/C20H32N2O/c1-5-16-10-8-11-17(6-2)20(16)22-19(23)13-21-18-12-7-9-14(3)15(18)4/h8,10-11,14-15,18,21H,5-7,9,12-13H2,1-4H3,(H,22,23)/t14-,15-,18-/m0/s1. The van der Waals surface area contributed by atoms with Crippen molar-refractivity contribution in [3.05, 3.63) is 29.3 Å². The number of carbonyl (C=O) groups excluding carboxylic acids is 1. The van der Waals surface area contributed by atoms with Crippen LogP contribution in [0.2, 0.25) is 0 Å². The molecule has 128 valence electrons. The van der Waals surface area contributed by atoms with Gasteiger partial charge in [-0.3, -0.25) is 4.79 Å². The predicted molar refractivity (Wildman–Crippen MR) is 97.8 cm³/mol. The normalized spacial score (nSPS) is 24.4. The van der Waals surface area contributed by atoms with Crippen LogP contribution < -0.4 is 10.6 Å². The number of hydrogen-bond donors (Lipinski definition) is 2. The second-order valence-electron chi connectivity index (χ2n) is 6.96. The Morgan fingerprint density at radius 3 is 2.39 bits per heavy atom. The van der Waals surface area contributed by atoms with Gasteiger partial charge in [0, 0.05) is 11.7 Å². The van der Waals surface area contributed by atoms with E-state index in [1.165, 1.54) is 30.4 Å². The highest BCUT2D eigenvalue weighted by atomic mass is 16.1.